The Bertz CT molecular complexity index is 925. The molecule has 3 amide bonds. The summed E-state index contributed by atoms with van der Waals surface area (Å²) in [5, 5.41) is 8.22. The summed E-state index contributed by atoms with van der Waals surface area (Å²) in [4.78, 5) is 35.9. The average Bonchev–Trinajstić information content (AvgIpc) is 2.65. The van der Waals surface area contributed by atoms with Crippen molar-refractivity contribution in [2.24, 2.45) is 0 Å². The minimum atomic E-state index is -0.583. The van der Waals surface area contributed by atoms with Crippen LogP contribution in [-0.2, 0) is 27.3 Å². The van der Waals surface area contributed by atoms with Gasteiger partial charge < -0.3 is 20.7 Å². The van der Waals surface area contributed by atoms with Crippen molar-refractivity contribution < 1.29 is 19.1 Å². The molecular weight excluding hydrogens is 462 g/mol. The lowest BCUT2D eigenvalue weighted by Gasteiger charge is -2.19. The van der Waals surface area contributed by atoms with Crippen LogP contribution in [0.3, 0.4) is 0 Å². The van der Waals surface area contributed by atoms with Gasteiger partial charge in [0.05, 0.1) is 6.42 Å². The zero-order valence-corrected chi connectivity index (χ0v) is 19.5. The molecule has 0 bridgehead atoms. The standard InChI is InChI=1S/C23H28BrN3O4/c1-23(2,3)31-22(30)25-11-10-20(28)27-19-9-5-7-17(13-19)15-26-21(29)14-16-6-4-8-18(24)12-16/h4-9,12-13H,10-11,14-15H2,1-3H3,(H,25,30)(H,26,29)(H,27,28). The molecule has 0 unspecified atom stereocenters. The Morgan fingerprint density at radius 1 is 0.935 bits per heavy atom. The summed E-state index contributed by atoms with van der Waals surface area (Å²) in [6, 6.07) is 14.9. The Morgan fingerprint density at radius 2 is 1.65 bits per heavy atom. The Hall–Kier alpha value is -2.87. The van der Waals surface area contributed by atoms with E-state index in [2.05, 4.69) is 31.9 Å². The van der Waals surface area contributed by atoms with Gasteiger partial charge in [-0.25, -0.2) is 4.79 Å². The highest BCUT2D eigenvalue weighted by atomic mass is 79.9. The van der Waals surface area contributed by atoms with Gasteiger partial charge in [0.1, 0.15) is 5.60 Å². The molecule has 0 aliphatic carbocycles. The lowest BCUT2D eigenvalue weighted by Crippen LogP contribution is -2.34. The van der Waals surface area contributed by atoms with E-state index >= 15 is 0 Å². The van der Waals surface area contributed by atoms with Crippen molar-refractivity contribution in [1.29, 1.82) is 0 Å². The third kappa shape index (κ3) is 10.1. The van der Waals surface area contributed by atoms with Crippen LogP contribution in [0, 0.1) is 0 Å². The van der Waals surface area contributed by atoms with Crippen molar-refractivity contribution in [2.45, 2.75) is 45.8 Å². The first kappa shape index (κ1) is 24.4. The molecule has 0 heterocycles. The topological polar surface area (TPSA) is 96.5 Å². The number of amides is 3. The third-order valence-corrected chi connectivity index (χ3v) is 4.47. The maximum atomic E-state index is 12.2. The highest BCUT2D eigenvalue weighted by molar-refractivity contribution is 9.10. The normalized spacial score (nSPS) is 10.8. The fraction of sp³-hybridized carbons (Fsp3) is 0.348. The van der Waals surface area contributed by atoms with E-state index in [0.717, 1.165) is 15.6 Å². The van der Waals surface area contributed by atoms with Crippen molar-refractivity contribution in [3.63, 3.8) is 0 Å². The third-order valence-electron chi connectivity index (χ3n) is 3.97. The molecule has 0 aliphatic rings. The fourth-order valence-electron chi connectivity index (χ4n) is 2.67. The molecule has 0 saturated heterocycles. The van der Waals surface area contributed by atoms with Crippen LogP contribution in [0.15, 0.2) is 53.0 Å². The molecule has 0 atom stereocenters. The fourth-order valence-corrected chi connectivity index (χ4v) is 3.12. The van der Waals surface area contributed by atoms with Gasteiger partial charge >= 0.3 is 6.09 Å². The van der Waals surface area contributed by atoms with Crippen LogP contribution in [0.25, 0.3) is 0 Å². The lowest BCUT2D eigenvalue weighted by atomic mass is 10.1. The highest BCUT2D eigenvalue weighted by Gasteiger charge is 2.16. The number of ether oxygens (including phenoxy) is 1. The molecule has 8 heteroatoms. The van der Waals surface area contributed by atoms with Crippen LogP contribution in [-0.4, -0.2) is 30.1 Å². The quantitative estimate of drug-likeness (QED) is 0.518. The average molecular weight is 490 g/mol. The van der Waals surface area contributed by atoms with Crippen molar-refractivity contribution in [3.8, 4) is 0 Å². The van der Waals surface area contributed by atoms with Crippen molar-refractivity contribution in [1.82, 2.24) is 10.6 Å². The second-order valence-electron chi connectivity index (χ2n) is 8.01. The van der Waals surface area contributed by atoms with Gasteiger partial charge in [-0.1, -0.05) is 40.2 Å². The number of benzene rings is 2. The summed E-state index contributed by atoms with van der Waals surface area (Å²) in [5.41, 5.74) is 1.83. The zero-order chi connectivity index (χ0) is 22.9. The second kappa shape index (κ2) is 11.5. The summed E-state index contributed by atoms with van der Waals surface area (Å²) < 4.78 is 6.06. The van der Waals surface area contributed by atoms with E-state index in [9.17, 15) is 14.4 Å². The maximum Gasteiger partial charge on any atom is 0.407 e. The summed E-state index contributed by atoms with van der Waals surface area (Å²) >= 11 is 3.40. The van der Waals surface area contributed by atoms with E-state index in [1.54, 1.807) is 32.9 Å². The number of rotatable bonds is 8. The number of halogens is 1. The van der Waals surface area contributed by atoms with Gasteiger partial charge in [-0.05, 0) is 56.2 Å². The molecule has 0 aliphatic heterocycles. The van der Waals surface area contributed by atoms with Crippen LogP contribution in [0.2, 0.25) is 0 Å². The van der Waals surface area contributed by atoms with Crippen molar-refractivity contribution >= 4 is 39.5 Å². The van der Waals surface area contributed by atoms with Gasteiger partial charge in [0.15, 0.2) is 0 Å². The largest absolute Gasteiger partial charge is 0.444 e. The van der Waals surface area contributed by atoms with Crippen LogP contribution in [0.4, 0.5) is 10.5 Å². The first-order valence-electron chi connectivity index (χ1n) is 9.97. The highest BCUT2D eigenvalue weighted by Crippen LogP contribution is 2.13. The predicted octanol–water partition coefficient (Wildman–Crippen LogP) is 4.16. The molecule has 0 aromatic heterocycles. The minimum Gasteiger partial charge on any atom is -0.444 e. The van der Waals surface area contributed by atoms with E-state index in [-0.39, 0.29) is 24.8 Å². The van der Waals surface area contributed by atoms with Gasteiger partial charge in [0.2, 0.25) is 11.8 Å². The van der Waals surface area contributed by atoms with E-state index in [0.29, 0.717) is 18.7 Å². The van der Waals surface area contributed by atoms with Crippen LogP contribution in [0.5, 0.6) is 0 Å². The first-order valence-corrected chi connectivity index (χ1v) is 10.8. The van der Waals surface area contributed by atoms with Crippen molar-refractivity contribution in [3.05, 3.63) is 64.1 Å². The Kier molecular flexibility index (Phi) is 9.05. The predicted molar refractivity (Wildman–Crippen MR) is 124 cm³/mol. The van der Waals surface area contributed by atoms with Gasteiger partial charge in [-0.3, -0.25) is 9.59 Å². The molecule has 0 fully saturated rings. The summed E-state index contributed by atoms with van der Waals surface area (Å²) in [6.45, 7) is 5.85. The van der Waals surface area contributed by atoms with E-state index in [1.165, 1.54) is 0 Å². The van der Waals surface area contributed by atoms with Crippen LogP contribution >= 0.6 is 15.9 Å². The van der Waals surface area contributed by atoms with E-state index in [4.69, 9.17) is 4.74 Å². The molecule has 0 spiro atoms. The molecule has 166 valence electrons. The maximum absolute atomic E-state index is 12.2. The monoisotopic (exact) mass is 489 g/mol. The molecular formula is C23H28BrN3O4. The molecule has 0 saturated carbocycles. The number of alkyl carbamates (subject to hydrolysis) is 1. The Balaban J connectivity index is 1.76. The molecule has 2 aromatic carbocycles. The van der Waals surface area contributed by atoms with Crippen LogP contribution < -0.4 is 16.0 Å². The molecule has 0 radical (unpaired) electrons. The minimum absolute atomic E-state index is 0.0826. The van der Waals surface area contributed by atoms with E-state index in [1.807, 2.05) is 36.4 Å². The summed E-state index contributed by atoms with van der Waals surface area (Å²) in [6.07, 6.45) is -0.145. The summed E-state index contributed by atoms with van der Waals surface area (Å²) in [7, 11) is 0. The van der Waals surface area contributed by atoms with Gasteiger partial charge in [0.25, 0.3) is 0 Å². The number of carbonyl (C=O) groups excluding carboxylic acids is 3. The smallest absolute Gasteiger partial charge is 0.407 e. The van der Waals surface area contributed by atoms with Gasteiger partial charge in [-0.2, -0.15) is 0 Å². The molecule has 2 rings (SSSR count). The Morgan fingerprint density at radius 3 is 2.35 bits per heavy atom. The van der Waals surface area contributed by atoms with Crippen LogP contribution in [0.1, 0.15) is 38.3 Å². The number of anilines is 1. The number of carbonyl (C=O) groups is 3. The second-order valence-corrected chi connectivity index (χ2v) is 8.93. The number of nitrogens with one attached hydrogen (secondary N) is 3. The van der Waals surface area contributed by atoms with E-state index < -0.39 is 11.7 Å². The molecule has 2 aromatic rings. The Labute approximate surface area is 191 Å². The van der Waals surface area contributed by atoms with Gasteiger partial charge in [-0.15, -0.1) is 0 Å². The molecule has 3 N–H and O–H groups in total. The molecule has 7 nitrogen and oxygen atoms in total. The molecule has 31 heavy (non-hydrogen) atoms. The lowest BCUT2D eigenvalue weighted by molar-refractivity contribution is -0.120. The zero-order valence-electron chi connectivity index (χ0n) is 18.0. The first-order chi connectivity index (χ1) is 14.6. The van der Waals surface area contributed by atoms with Gasteiger partial charge in [0, 0.05) is 29.7 Å². The SMILES string of the molecule is CC(C)(C)OC(=O)NCCC(=O)Nc1cccc(CNC(=O)Cc2cccc(Br)c2)c1. The summed E-state index contributed by atoms with van der Waals surface area (Å²) in [5.74, 6) is -0.312. The number of hydrogen-bond acceptors (Lipinski definition) is 4. The number of hydrogen-bond donors (Lipinski definition) is 3. The van der Waals surface area contributed by atoms with Crippen molar-refractivity contribution in [2.75, 3.05) is 11.9 Å².